The molecule has 0 saturated heterocycles. The molecule has 0 aliphatic carbocycles. The minimum Gasteiger partial charge on any atom is -0.309 e. The van der Waals surface area contributed by atoms with E-state index in [1.54, 1.807) is 0 Å². The Bertz CT molecular complexity index is 3570. The number of para-hydroxylation sites is 3. The van der Waals surface area contributed by atoms with Crippen LogP contribution in [0.5, 0.6) is 0 Å². The Morgan fingerprint density at radius 1 is 0.306 bits per heavy atom. The van der Waals surface area contributed by atoms with Gasteiger partial charge in [0.25, 0.3) is 0 Å². The van der Waals surface area contributed by atoms with Crippen LogP contribution in [0.2, 0.25) is 0 Å². The van der Waals surface area contributed by atoms with E-state index in [2.05, 4.69) is 196 Å². The average Bonchev–Trinajstić information content (AvgIpc) is 3.87. The molecule has 0 aliphatic heterocycles. The average molecular weight is 798 g/mol. The van der Waals surface area contributed by atoms with Crippen molar-refractivity contribution >= 4 is 43.6 Å². The summed E-state index contributed by atoms with van der Waals surface area (Å²) in [7, 11) is 0. The van der Waals surface area contributed by atoms with Crippen LogP contribution in [0.25, 0.3) is 112 Å². The number of rotatable bonds is 7. The lowest BCUT2D eigenvalue weighted by molar-refractivity contribution is 0.967. The van der Waals surface area contributed by atoms with E-state index in [1.807, 2.05) is 12.1 Å². The summed E-state index contributed by atoms with van der Waals surface area (Å²) in [5.74, 6) is 1.64. The number of hydrogen-bond donors (Lipinski definition) is 0. The molecule has 0 spiro atoms. The lowest BCUT2D eigenvalue weighted by Crippen LogP contribution is -2.04. The van der Waals surface area contributed by atoms with E-state index in [0.717, 1.165) is 50.0 Å². The van der Waals surface area contributed by atoms with Gasteiger partial charge in [0.05, 0.1) is 22.1 Å². The Kier molecular flexibility index (Phi) is 8.20. The molecule has 12 rings (SSSR count). The minimum absolute atomic E-state index is 0.285. The molecule has 5 heterocycles. The SMILES string of the molecule is c1ccc(-n2c3ccccc3c3c(-c4ccc(-n5c6ccccc6c6cc(-c7cccc(-c8nc(-c9ncncn9)nc(-c9ncncn9)n8)c7)ccc65)cc4)cccc32)cc1. The van der Waals surface area contributed by atoms with E-state index >= 15 is 0 Å². The normalized spacial score (nSPS) is 11.5. The van der Waals surface area contributed by atoms with E-state index in [-0.39, 0.29) is 11.6 Å². The van der Waals surface area contributed by atoms with Crippen molar-refractivity contribution in [2.24, 2.45) is 0 Å². The number of fused-ring (bicyclic) bond motifs is 6. The third-order valence-corrected chi connectivity index (χ3v) is 11.3. The molecular weight excluding hydrogens is 767 g/mol. The number of benzene rings is 7. The molecule has 0 atom stereocenters. The fourth-order valence-electron chi connectivity index (χ4n) is 8.59. The Morgan fingerprint density at radius 3 is 1.55 bits per heavy atom. The van der Waals surface area contributed by atoms with Gasteiger partial charge in [0.15, 0.2) is 5.82 Å². The Labute approximate surface area is 353 Å². The van der Waals surface area contributed by atoms with Crippen molar-refractivity contribution < 1.29 is 0 Å². The molecular formula is C51H31N11. The number of aromatic nitrogens is 11. The fraction of sp³-hybridized carbons (Fsp3) is 0. The quantitative estimate of drug-likeness (QED) is 0.155. The molecule has 0 aliphatic rings. The van der Waals surface area contributed by atoms with Gasteiger partial charge < -0.3 is 9.13 Å². The lowest BCUT2D eigenvalue weighted by atomic mass is 9.99. The van der Waals surface area contributed by atoms with E-state index in [0.29, 0.717) is 17.5 Å². The summed E-state index contributed by atoms with van der Waals surface area (Å²) < 4.78 is 4.72. The van der Waals surface area contributed by atoms with Crippen LogP contribution in [0.1, 0.15) is 0 Å². The van der Waals surface area contributed by atoms with E-state index in [9.17, 15) is 0 Å². The highest BCUT2D eigenvalue weighted by Gasteiger charge is 2.19. The van der Waals surface area contributed by atoms with Crippen LogP contribution in [0, 0.1) is 0 Å². The molecule has 62 heavy (non-hydrogen) atoms. The van der Waals surface area contributed by atoms with Crippen molar-refractivity contribution in [2.75, 3.05) is 0 Å². The zero-order valence-corrected chi connectivity index (χ0v) is 32.8. The van der Waals surface area contributed by atoms with Crippen LogP contribution in [-0.2, 0) is 0 Å². The van der Waals surface area contributed by atoms with Gasteiger partial charge in [0.2, 0.25) is 23.3 Å². The molecule has 0 N–H and O–H groups in total. The highest BCUT2D eigenvalue weighted by atomic mass is 15.1. The monoisotopic (exact) mass is 797 g/mol. The number of nitrogens with zero attached hydrogens (tertiary/aromatic N) is 11. The van der Waals surface area contributed by atoms with Crippen LogP contribution >= 0.6 is 0 Å². The first-order valence-corrected chi connectivity index (χ1v) is 20.1. The van der Waals surface area contributed by atoms with Gasteiger partial charge in [-0.05, 0) is 82.9 Å². The lowest BCUT2D eigenvalue weighted by Gasteiger charge is -2.11. The third kappa shape index (κ3) is 5.87. The molecule has 0 fully saturated rings. The molecule has 0 unspecified atom stereocenters. The largest absolute Gasteiger partial charge is 0.309 e. The summed E-state index contributed by atoms with van der Waals surface area (Å²) in [6.45, 7) is 0. The van der Waals surface area contributed by atoms with Gasteiger partial charge in [0.1, 0.15) is 25.3 Å². The topological polar surface area (TPSA) is 126 Å². The van der Waals surface area contributed by atoms with Crippen LogP contribution in [0.4, 0.5) is 0 Å². The molecule has 0 saturated carbocycles. The van der Waals surface area contributed by atoms with Gasteiger partial charge in [-0.2, -0.15) is 0 Å². The van der Waals surface area contributed by atoms with Gasteiger partial charge in [-0.3, -0.25) is 0 Å². The standard InChI is InChI=1S/C51H31N11/c1-2-12-36(13-3-1)62-43-18-7-5-15-40(43)46-38(16-9-19-45(46)62)32-20-23-37(24-21-32)61-42-17-6-4-14-39(42)41-27-34(22-25-44(41)61)33-10-8-11-35(26-33)47-58-50(48-54-28-52-29-55-48)60-51(59-47)49-56-30-53-31-57-49/h1-31H. The highest BCUT2D eigenvalue weighted by Crippen LogP contribution is 2.40. The van der Waals surface area contributed by atoms with Gasteiger partial charge >= 0.3 is 0 Å². The molecule has 5 aromatic heterocycles. The van der Waals surface area contributed by atoms with E-state index < -0.39 is 0 Å². The minimum atomic E-state index is 0.285. The van der Waals surface area contributed by atoms with Crippen LogP contribution in [-0.4, -0.2) is 54.0 Å². The van der Waals surface area contributed by atoms with Crippen molar-refractivity contribution in [3.05, 3.63) is 189 Å². The predicted octanol–water partition coefficient (Wildman–Crippen LogP) is 10.8. The second kappa shape index (κ2) is 14.5. The molecule has 12 aromatic rings. The first-order valence-electron chi connectivity index (χ1n) is 20.1. The molecule has 11 nitrogen and oxygen atoms in total. The van der Waals surface area contributed by atoms with Crippen molar-refractivity contribution in [2.45, 2.75) is 0 Å². The zero-order valence-electron chi connectivity index (χ0n) is 32.8. The summed E-state index contributed by atoms with van der Waals surface area (Å²) >= 11 is 0. The fourth-order valence-corrected chi connectivity index (χ4v) is 8.59. The van der Waals surface area contributed by atoms with Crippen molar-refractivity contribution in [1.82, 2.24) is 54.0 Å². The Morgan fingerprint density at radius 2 is 0.823 bits per heavy atom. The first kappa shape index (κ1) is 35.1. The summed E-state index contributed by atoms with van der Waals surface area (Å²) in [5, 5.41) is 4.80. The molecule has 0 amide bonds. The first-order chi connectivity index (χ1) is 30.7. The maximum atomic E-state index is 4.78. The van der Waals surface area contributed by atoms with Crippen LogP contribution in [0.15, 0.2) is 189 Å². The van der Waals surface area contributed by atoms with Gasteiger partial charge in [-0.15, -0.1) is 0 Å². The third-order valence-electron chi connectivity index (χ3n) is 11.3. The Balaban J connectivity index is 0.939. The molecule has 0 bridgehead atoms. The predicted molar refractivity (Wildman–Crippen MR) is 242 cm³/mol. The molecule has 290 valence electrons. The summed E-state index contributed by atoms with van der Waals surface area (Å²) in [6, 6.07) is 58.3. The maximum Gasteiger partial charge on any atom is 0.202 e. The van der Waals surface area contributed by atoms with E-state index in [4.69, 9.17) is 9.97 Å². The van der Waals surface area contributed by atoms with Crippen molar-refractivity contribution in [3.8, 4) is 68.3 Å². The van der Waals surface area contributed by atoms with Crippen LogP contribution < -0.4 is 0 Å². The van der Waals surface area contributed by atoms with Crippen molar-refractivity contribution in [1.29, 1.82) is 0 Å². The molecule has 0 radical (unpaired) electrons. The van der Waals surface area contributed by atoms with Crippen molar-refractivity contribution in [3.63, 3.8) is 0 Å². The second-order valence-electron chi connectivity index (χ2n) is 14.8. The highest BCUT2D eigenvalue weighted by molar-refractivity contribution is 6.16. The van der Waals surface area contributed by atoms with Gasteiger partial charge in [-0.25, -0.2) is 44.9 Å². The van der Waals surface area contributed by atoms with E-state index in [1.165, 1.54) is 58.1 Å². The summed E-state index contributed by atoms with van der Waals surface area (Å²) in [6.07, 6.45) is 5.63. The second-order valence-corrected chi connectivity index (χ2v) is 14.8. The van der Waals surface area contributed by atoms with Gasteiger partial charge in [0, 0.05) is 38.5 Å². The smallest absolute Gasteiger partial charge is 0.202 e. The Hall–Kier alpha value is -8.83. The maximum absolute atomic E-state index is 4.78. The molecule has 11 heteroatoms. The molecule has 7 aromatic carbocycles. The van der Waals surface area contributed by atoms with Gasteiger partial charge in [-0.1, -0.05) is 103 Å². The summed E-state index contributed by atoms with van der Waals surface area (Å²) in [5.41, 5.74) is 12.1. The summed E-state index contributed by atoms with van der Waals surface area (Å²) in [4.78, 5) is 39.2. The number of hydrogen-bond acceptors (Lipinski definition) is 9. The zero-order chi connectivity index (χ0) is 41.0. The van der Waals surface area contributed by atoms with Crippen LogP contribution in [0.3, 0.4) is 0 Å².